The largest absolute Gasteiger partial charge is 0.456 e. The Hall–Kier alpha value is -1.95. The van der Waals surface area contributed by atoms with E-state index in [0.29, 0.717) is 24.7 Å². The molecule has 0 aromatic carbocycles. The summed E-state index contributed by atoms with van der Waals surface area (Å²) in [6.07, 6.45) is 25.2. The van der Waals surface area contributed by atoms with Crippen LogP contribution in [0.3, 0.4) is 0 Å². The maximum Gasteiger partial charge on any atom is 0.330 e. The Kier molecular flexibility index (Phi) is 10.2. The first-order valence-corrected chi connectivity index (χ1v) is 14.0. The zero-order chi connectivity index (χ0) is 25.3. The van der Waals surface area contributed by atoms with Gasteiger partial charge >= 0.3 is 5.97 Å². The van der Waals surface area contributed by atoms with E-state index in [2.05, 4.69) is 43.9 Å². The van der Waals surface area contributed by atoms with Crippen molar-refractivity contribution in [3.8, 4) is 0 Å². The Morgan fingerprint density at radius 3 is 2.83 bits per heavy atom. The molecule has 5 nitrogen and oxygen atoms in total. The number of ether oxygens (including phenoxy) is 3. The van der Waals surface area contributed by atoms with Crippen molar-refractivity contribution in [2.75, 3.05) is 0 Å². The minimum absolute atomic E-state index is 0.00890. The molecule has 0 amide bonds. The number of hydrogen-bond donors (Lipinski definition) is 1. The highest BCUT2D eigenvalue weighted by atomic mass is 16.6. The first kappa shape index (κ1) is 27.1. The van der Waals surface area contributed by atoms with Crippen molar-refractivity contribution in [3.63, 3.8) is 0 Å². The van der Waals surface area contributed by atoms with E-state index >= 15 is 0 Å². The van der Waals surface area contributed by atoms with Crippen LogP contribution >= 0.6 is 0 Å². The number of carbonyl (C=O) groups is 1. The Labute approximate surface area is 217 Å². The van der Waals surface area contributed by atoms with Gasteiger partial charge in [0.05, 0.1) is 24.4 Å². The molecule has 1 aliphatic carbocycles. The van der Waals surface area contributed by atoms with Crippen molar-refractivity contribution in [3.05, 3.63) is 60.8 Å². The summed E-state index contributed by atoms with van der Waals surface area (Å²) in [6, 6.07) is 0. The minimum Gasteiger partial charge on any atom is -0.456 e. The van der Waals surface area contributed by atoms with Crippen molar-refractivity contribution >= 4 is 5.97 Å². The van der Waals surface area contributed by atoms with Crippen LogP contribution in [0, 0.1) is 11.8 Å². The summed E-state index contributed by atoms with van der Waals surface area (Å²) < 4.78 is 17.9. The van der Waals surface area contributed by atoms with Crippen LogP contribution in [0.15, 0.2) is 60.8 Å². The minimum atomic E-state index is -0.865. The smallest absolute Gasteiger partial charge is 0.330 e. The number of allylic oxidation sites excluding steroid dienone is 4. The van der Waals surface area contributed by atoms with Crippen molar-refractivity contribution in [2.24, 2.45) is 11.8 Å². The standard InChI is InChI=1S/C31H44O5/c1-22-15-18-28-30(35-28)21-29(27(32)17-16-24-9-5-3-4-6-10-24)36-31(33)14-8-12-25-11-7-13-26(34-25)20-23(2)19-22/h5,7-9,11,14,16-17,23-30,32H,1,3-4,6,10,12-13,15,18-21H2,2H3/b14-8-,17-16+. The average molecular weight is 497 g/mol. The van der Waals surface area contributed by atoms with Crippen molar-refractivity contribution < 1.29 is 24.1 Å². The molecule has 3 aliphatic heterocycles. The Bertz CT molecular complexity index is 855. The van der Waals surface area contributed by atoms with Gasteiger partial charge in [0.15, 0.2) is 0 Å². The second-order valence-corrected chi connectivity index (χ2v) is 11.1. The molecule has 4 rings (SSSR count). The van der Waals surface area contributed by atoms with E-state index in [4.69, 9.17) is 14.2 Å². The van der Waals surface area contributed by atoms with E-state index in [1.54, 1.807) is 6.08 Å². The van der Waals surface area contributed by atoms with Gasteiger partial charge in [0.1, 0.15) is 12.2 Å². The topological polar surface area (TPSA) is 68.3 Å². The van der Waals surface area contributed by atoms with Crippen LogP contribution in [0.1, 0.15) is 77.6 Å². The van der Waals surface area contributed by atoms with Gasteiger partial charge in [0.2, 0.25) is 0 Å². The number of cyclic esters (lactones) is 1. The fourth-order valence-electron chi connectivity index (χ4n) is 5.65. The normalized spacial score (nSPS) is 38.3. The van der Waals surface area contributed by atoms with Crippen LogP contribution in [0.4, 0.5) is 0 Å². The monoisotopic (exact) mass is 496 g/mol. The molecule has 0 radical (unpaired) electrons. The third-order valence-corrected chi connectivity index (χ3v) is 7.72. The molecule has 0 saturated carbocycles. The summed E-state index contributed by atoms with van der Waals surface area (Å²) >= 11 is 0. The molecule has 3 heterocycles. The lowest BCUT2D eigenvalue weighted by atomic mass is 9.91. The van der Waals surface area contributed by atoms with Crippen LogP contribution in [0.2, 0.25) is 0 Å². The Balaban J connectivity index is 1.41. The predicted octanol–water partition coefficient (Wildman–Crippen LogP) is 6.15. The summed E-state index contributed by atoms with van der Waals surface area (Å²) in [6.45, 7) is 6.59. The second kappa shape index (κ2) is 13.6. The SMILES string of the molecule is C=C1CCC2OC2CC(C(O)/C=C/C2C=CCCCC2)OC(=O)/C=C\CC2C=CCC(CC(C)C1)O2. The van der Waals surface area contributed by atoms with Gasteiger partial charge in [-0.25, -0.2) is 4.79 Å². The number of carbonyl (C=O) groups excluding carboxylic acids is 1. The maximum atomic E-state index is 12.7. The summed E-state index contributed by atoms with van der Waals surface area (Å²) in [4.78, 5) is 12.7. The van der Waals surface area contributed by atoms with Gasteiger partial charge in [-0.3, -0.25) is 0 Å². The fraction of sp³-hybridized carbons (Fsp3) is 0.645. The lowest BCUT2D eigenvalue weighted by molar-refractivity contribution is -0.148. The van der Waals surface area contributed by atoms with E-state index in [0.717, 1.165) is 44.9 Å². The molecule has 36 heavy (non-hydrogen) atoms. The molecule has 1 fully saturated rings. The molecule has 0 aromatic heterocycles. The lowest BCUT2D eigenvalue weighted by Crippen LogP contribution is -2.31. The lowest BCUT2D eigenvalue weighted by Gasteiger charge is -2.28. The number of esters is 1. The van der Waals surface area contributed by atoms with Crippen molar-refractivity contribution in [1.82, 2.24) is 0 Å². The van der Waals surface area contributed by atoms with E-state index in [-0.39, 0.29) is 24.4 Å². The zero-order valence-electron chi connectivity index (χ0n) is 21.8. The zero-order valence-corrected chi connectivity index (χ0v) is 21.8. The highest BCUT2D eigenvalue weighted by Crippen LogP contribution is 2.34. The first-order valence-electron chi connectivity index (χ1n) is 14.0. The molecular weight excluding hydrogens is 452 g/mol. The molecule has 5 heteroatoms. The van der Waals surface area contributed by atoms with Crippen LogP contribution < -0.4 is 0 Å². The molecule has 8 atom stereocenters. The van der Waals surface area contributed by atoms with Gasteiger partial charge in [0.25, 0.3) is 0 Å². The molecule has 4 aliphatic rings. The van der Waals surface area contributed by atoms with Gasteiger partial charge in [-0.05, 0) is 69.6 Å². The van der Waals surface area contributed by atoms with Crippen LogP contribution in [-0.4, -0.2) is 47.7 Å². The molecule has 8 unspecified atom stereocenters. The van der Waals surface area contributed by atoms with E-state index in [1.165, 1.54) is 24.5 Å². The first-order chi connectivity index (χ1) is 17.5. The number of fused-ring (bicyclic) bond motifs is 3. The number of aliphatic hydroxyl groups is 1. The van der Waals surface area contributed by atoms with Gasteiger partial charge in [-0.2, -0.15) is 0 Å². The molecule has 0 spiro atoms. The summed E-state index contributed by atoms with van der Waals surface area (Å²) in [7, 11) is 0. The van der Waals surface area contributed by atoms with E-state index in [9.17, 15) is 9.90 Å². The van der Waals surface area contributed by atoms with Crippen LogP contribution in [0.5, 0.6) is 0 Å². The van der Waals surface area contributed by atoms with Gasteiger partial charge < -0.3 is 19.3 Å². The Morgan fingerprint density at radius 2 is 1.94 bits per heavy atom. The number of aliphatic hydroxyl groups excluding tert-OH is 1. The highest BCUT2D eigenvalue weighted by molar-refractivity contribution is 5.82. The highest BCUT2D eigenvalue weighted by Gasteiger charge is 2.42. The van der Waals surface area contributed by atoms with E-state index < -0.39 is 18.2 Å². The molecule has 1 saturated heterocycles. The predicted molar refractivity (Wildman–Crippen MR) is 142 cm³/mol. The maximum absolute atomic E-state index is 12.7. The second-order valence-electron chi connectivity index (χ2n) is 11.1. The summed E-state index contributed by atoms with van der Waals surface area (Å²) in [5, 5.41) is 11.0. The van der Waals surface area contributed by atoms with Crippen molar-refractivity contribution in [2.45, 2.75) is 114 Å². The summed E-state index contributed by atoms with van der Waals surface area (Å²) in [5.74, 6) is 0.408. The third-order valence-electron chi connectivity index (χ3n) is 7.72. The molecule has 198 valence electrons. The van der Waals surface area contributed by atoms with Gasteiger partial charge in [-0.15, -0.1) is 0 Å². The van der Waals surface area contributed by atoms with Crippen LogP contribution in [-0.2, 0) is 19.0 Å². The number of epoxide rings is 1. The molecular formula is C31H44O5. The van der Waals surface area contributed by atoms with Gasteiger partial charge in [0, 0.05) is 12.5 Å². The third kappa shape index (κ3) is 8.86. The van der Waals surface area contributed by atoms with Crippen molar-refractivity contribution in [1.29, 1.82) is 0 Å². The molecule has 2 bridgehead atoms. The molecule has 0 aromatic rings. The number of hydrogen-bond acceptors (Lipinski definition) is 5. The van der Waals surface area contributed by atoms with E-state index in [1.807, 2.05) is 6.08 Å². The quantitative estimate of drug-likeness (QED) is 0.289. The van der Waals surface area contributed by atoms with Crippen LogP contribution in [0.25, 0.3) is 0 Å². The Morgan fingerprint density at radius 1 is 1.06 bits per heavy atom. The summed E-state index contributed by atoms with van der Waals surface area (Å²) in [5.41, 5.74) is 1.26. The average Bonchev–Trinajstić information content (AvgIpc) is 3.63. The molecule has 1 N–H and O–H groups in total. The number of rotatable bonds is 3. The van der Waals surface area contributed by atoms with Gasteiger partial charge in [-0.1, -0.05) is 68.0 Å². The fourth-order valence-corrected chi connectivity index (χ4v) is 5.65.